The van der Waals surface area contributed by atoms with Gasteiger partial charge in [0.2, 0.25) is 10.0 Å². The van der Waals surface area contributed by atoms with Gasteiger partial charge in [-0.25, -0.2) is 23.1 Å². The molecule has 0 bridgehead atoms. The Morgan fingerprint density at radius 2 is 1.77 bits per heavy atom. The molecule has 1 aromatic heterocycles. The van der Waals surface area contributed by atoms with E-state index < -0.39 is 15.6 Å². The third-order valence-corrected chi connectivity index (χ3v) is 5.78. The van der Waals surface area contributed by atoms with E-state index in [4.69, 9.17) is 4.74 Å². The molecule has 0 aliphatic rings. The molecule has 8 heteroatoms. The molecule has 0 spiro atoms. The summed E-state index contributed by atoms with van der Waals surface area (Å²) in [4.78, 5) is 8.67. The maximum absolute atomic E-state index is 12.4. The Hall–Kier alpha value is -2.97. The Morgan fingerprint density at radius 1 is 1.00 bits per heavy atom. The number of aromatic nitrogens is 2. The van der Waals surface area contributed by atoms with Crippen molar-refractivity contribution < 1.29 is 13.2 Å². The zero-order valence-electron chi connectivity index (χ0n) is 18.2. The lowest BCUT2D eigenvalue weighted by Crippen LogP contribution is -2.41. The zero-order chi connectivity index (χ0) is 22.5. The van der Waals surface area contributed by atoms with Crippen molar-refractivity contribution in [2.24, 2.45) is 0 Å². The number of ether oxygens (including phenoxy) is 1. The lowest BCUT2D eigenvalue weighted by molar-refractivity contribution is 0.341. The van der Waals surface area contributed by atoms with Crippen LogP contribution in [0.25, 0.3) is 11.3 Å². The fourth-order valence-corrected chi connectivity index (χ4v) is 4.76. The highest BCUT2D eigenvalue weighted by Crippen LogP contribution is 2.29. The predicted molar refractivity (Wildman–Crippen MR) is 124 cm³/mol. The Balaban J connectivity index is 1.80. The van der Waals surface area contributed by atoms with Gasteiger partial charge in [0.1, 0.15) is 17.9 Å². The Bertz CT molecular complexity index is 1140. The van der Waals surface area contributed by atoms with E-state index in [0.29, 0.717) is 18.0 Å². The monoisotopic (exact) mass is 440 g/mol. The number of benzene rings is 2. The third-order valence-electron chi connectivity index (χ3n) is 4.15. The van der Waals surface area contributed by atoms with E-state index in [9.17, 15) is 8.42 Å². The summed E-state index contributed by atoms with van der Waals surface area (Å²) in [6.07, 6.45) is 1.49. The summed E-state index contributed by atoms with van der Waals surface area (Å²) in [6.45, 7) is 7.96. The molecule has 31 heavy (non-hydrogen) atoms. The Morgan fingerprint density at radius 3 is 2.52 bits per heavy atom. The normalized spacial score (nSPS) is 11.9. The van der Waals surface area contributed by atoms with Crippen molar-refractivity contribution in [1.82, 2.24) is 14.7 Å². The minimum Gasteiger partial charge on any atom is -0.493 e. The maximum atomic E-state index is 12.4. The minimum absolute atomic E-state index is 0.101. The van der Waals surface area contributed by atoms with Gasteiger partial charge in [0.05, 0.1) is 18.1 Å². The summed E-state index contributed by atoms with van der Waals surface area (Å²) in [5, 5.41) is 3.23. The second-order valence-electron chi connectivity index (χ2n) is 8.15. The second-order valence-corrected chi connectivity index (χ2v) is 9.88. The van der Waals surface area contributed by atoms with Gasteiger partial charge in [-0.2, -0.15) is 0 Å². The number of rotatable bonds is 8. The molecule has 0 aliphatic heterocycles. The van der Waals surface area contributed by atoms with Crippen LogP contribution in [0.1, 0.15) is 33.3 Å². The van der Waals surface area contributed by atoms with E-state index in [1.165, 1.54) is 6.33 Å². The average molecular weight is 441 g/mol. The van der Waals surface area contributed by atoms with Crippen LogP contribution in [-0.4, -0.2) is 30.5 Å². The first kappa shape index (κ1) is 22.7. The van der Waals surface area contributed by atoms with Gasteiger partial charge in [-0.15, -0.1) is 0 Å². The van der Waals surface area contributed by atoms with Crippen LogP contribution < -0.4 is 14.8 Å². The summed E-state index contributed by atoms with van der Waals surface area (Å²) in [6, 6.07) is 16.8. The van der Waals surface area contributed by atoms with E-state index in [0.717, 1.165) is 22.7 Å². The van der Waals surface area contributed by atoms with Gasteiger partial charge in [0, 0.05) is 22.9 Å². The third kappa shape index (κ3) is 6.77. The summed E-state index contributed by atoms with van der Waals surface area (Å²) in [5.41, 5.74) is 2.51. The lowest BCUT2D eigenvalue weighted by atomic mass is 10.1. The molecule has 0 radical (unpaired) electrons. The Labute approximate surface area is 184 Å². The molecule has 0 fully saturated rings. The summed E-state index contributed by atoms with van der Waals surface area (Å²) in [7, 11) is -3.45. The SMILES string of the molecule is CCOc1ccccc1-c1cc(Nc2cccc(CS(=O)(=O)NC(C)(C)C)c2)ncn1. The number of anilines is 2. The van der Waals surface area contributed by atoms with Crippen LogP contribution in [0, 0.1) is 0 Å². The molecular weight excluding hydrogens is 412 g/mol. The smallest absolute Gasteiger partial charge is 0.216 e. The van der Waals surface area contributed by atoms with Gasteiger partial charge >= 0.3 is 0 Å². The molecule has 164 valence electrons. The molecule has 0 amide bonds. The van der Waals surface area contributed by atoms with E-state index in [1.54, 1.807) is 12.1 Å². The molecular formula is C23H28N4O3S. The quantitative estimate of drug-likeness (QED) is 0.536. The molecule has 2 N–H and O–H groups in total. The van der Waals surface area contributed by atoms with Crippen molar-refractivity contribution in [2.45, 2.75) is 39.0 Å². The van der Waals surface area contributed by atoms with Crippen LogP contribution >= 0.6 is 0 Å². The molecule has 0 saturated carbocycles. The van der Waals surface area contributed by atoms with Crippen molar-refractivity contribution in [1.29, 1.82) is 0 Å². The van der Waals surface area contributed by atoms with Crippen LogP contribution in [0.3, 0.4) is 0 Å². The van der Waals surface area contributed by atoms with Crippen LogP contribution in [0.5, 0.6) is 5.75 Å². The van der Waals surface area contributed by atoms with Crippen molar-refractivity contribution in [2.75, 3.05) is 11.9 Å². The molecule has 0 aliphatic carbocycles. The van der Waals surface area contributed by atoms with Crippen molar-refractivity contribution in [3.8, 4) is 17.0 Å². The molecule has 0 saturated heterocycles. The number of hydrogen-bond donors (Lipinski definition) is 2. The molecule has 3 aromatic rings. The number of sulfonamides is 1. The van der Waals surface area contributed by atoms with Gasteiger partial charge < -0.3 is 10.1 Å². The van der Waals surface area contributed by atoms with Crippen LogP contribution in [0.4, 0.5) is 11.5 Å². The first-order valence-electron chi connectivity index (χ1n) is 10.1. The van der Waals surface area contributed by atoms with Crippen molar-refractivity contribution >= 4 is 21.5 Å². The predicted octanol–water partition coefficient (Wildman–Crippen LogP) is 4.50. The minimum atomic E-state index is -3.45. The van der Waals surface area contributed by atoms with E-state index in [-0.39, 0.29) is 5.75 Å². The molecule has 2 aromatic carbocycles. The topological polar surface area (TPSA) is 93.2 Å². The van der Waals surface area contributed by atoms with Gasteiger partial charge in [0.15, 0.2) is 0 Å². The fraction of sp³-hybridized carbons (Fsp3) is 0.304. The summed E-state index contributed by atoms with van der Waals surface area (Å²) >= 11 is 0. The van der Waals surface area contributed by atoms with E-state index >= 15 is 0 Å². The van der Waals surface area contributed by atoms with E-state index in [2.05, 4.69) is 20.0 Å². The van der Waals surface area contributed by atoms with Crippen LogP contribution in [0.2, 0.25) is 0 Å². The zero-order valence-corrected chi connectivity index (χ0v) is 19.0. The first-order valence-corrected chi connectivity index (χ1v) is 11.7. The van der Waals surface area contributed by atoms with Gasteiger partial charge in [0.25, 0.3) is 0 Å². The van der Waals surface area contributed by atoms with E-state index in [1.807, 2.05) is 70.2 Å². The molecule has 3 rings (SSSR count). The van der Waals surface area contributed by atoms with Gasteiger partial charge in [-0.1, -0.05) is 24.3 Å². The molecule has 0 unspecified atom stereocenters. The molecule has 0 atom stereocenters. The van der Waals surface area contributed by atoms with Crippen molar-refractivity contribution in [3.05, 3.63) is 66.5 Å². The summed E-state index contributed by atoms with van der Waals surface area (Å²) in [5.74, 6) is 1.26. The van der Waals surface area contributed by atoms with Gasteiger partial charge in [-0.3, -0.25) is 0 Å². The first-order chi connectivity index (χ1) is 14.6. The second kappa shape index (κ2) is 9.45. The highest BCUT2D eigenvalue weighted by atomic mass is 32.2. The lowest BCUT2D eigenvalue weighted by Gasteiger charge is -2.20. The Kier molecular flexibility index (Phi) is 6.92. The fourth-order valence-electron chi connectivity index (χ4n) is 3.14. The maximum Gasteiger partial charge on any atom is 0.216 e. The average Bonchev–Trinajstić information content (AvgIpc) is 2.67. The highest BCUT2D eigenvalue weighted by molar-refractivity contribution is 7.88. The van der Waals surface area contributed by atoms with Crippen molar-refractivity contribution in [3.63, 3.8) is 0 Å². The van der Waals surface area contributed by atoms with Crippen LogP contribution in [0.15, 0.2) is 60.9 Å². The number of hydrogen-bond acceptors (Lipinski definition) is 6. The number of para-hydroxylation sites is 1. The summed E-state index contributed by atoms with van der Waals surface area (Å²) < 4.78 is 33.2. The standard InChI is InChI=1S/C23H28N4O3S/c1-5-30-21-12-7-6-11-19(21)20-14-22(25-16-24-20)26-18-10-8-9-17(13-18)15-31(28,29)27-23(2,3)4/h6-14,16,27H,5,15H2,1-4H3,(H,24,25,26). The highest BCUT2D eigenvalue weighted by Gasteiger charge is 2.20. The number of nitrogens with zero attached hydrogens (tertiary/aromatic N) is 2. The molecule has 1 heterocycles. The van der Waals surface area contributed by atoms with Gasteiger partial charge in [-0.05, 0) is 57.5 Å². The largest absolute Gasteiger partial charge is 0.493 e. The molecule has 7 nitrogen and oxygen atoms in total. The van der Waals surface area contributed by atoms with Crippen LogP contribution in [-0.2, 0) is 15.8 Å². The number of nitrogens with one attached hydrogen (secondary N) is 2.